The van der Waals surface area contributed by atoms with E-state index in [0.717, 1.165) is 11.3 Å². The van der Waals surface area contributed by atoms with E-state index in [1.54, 1.807) is 23.1 Å². The maximum Gasteiger partial charge on any atom is 0.324 e. The van der Waals surface area contributed by atoms with Crippen molar-refractivity contribution in [3.8, 4) is 0 Å². The van der Waals surface area contributed by atoms with Gasteiger partial charge in [0.25, 0.3) is 0 Å². The van der Waals surface area contributed by atoms with Crippen molar-refractivity contribution in [2.45, 2.75) is 13.5 Å². The number of urea groups is 1. The molecule has 0 bridgehead atoms. The molecule has 3 rings (SSSR count). The molecule has 1 aliphatic rings. The van der Waals surface area contributed by atoms with Crippen LogP contribution in [0.5, 0.6) is 0 Å². The molecule has 2 aromatic carbocycles. The minimum absolute atomic E-state index is 0.0412. The molecule has 23 heavy (non-hydrogen) atoms. The molecule has 1 heterocycles. The first-order chi connectivity index (χ1) is 11.1. The Kier molecular flexibility index (Phi) is 4.35. The quantitative estimate of drug-likeness (QED) is 0.796. The Morgan fingerprint density at radius 1 is 1.13 bits per heavy atom. The van der Waals surface area contributed by atoms with E-state index in [1.807, 2.05) is 35.2 Å². The number of hydrogen-bond donors (Lipinski definition) is 0. The van der Waals surface area contributed by atoms with Gasteiger partial charge in [-0.15, -0.1) is 0 Å². The van der Waals surface area contributed by atoms with E-state index >= 15 is 0 Å². The molecule has 0 unspecified atom stereocenters. The van der Waals surface area contributed by atoms with Gasteiger partial charge in [0, 0.05) is 30.9 Å². The molecule has 0 aromatic heterocycles. The van der Waals surface area contributed by atoms with Crippen LogP contribution in [-0.4, -0.2) is 29.8 Å². The Hall–Kier alpha value is -2.33. The Morgan fingerprint density at radius 3 is 2.52 bits per heavy atom. The van der Waals surface area contributed by atoms with Gasteiger partial charge < -0.3 is 4.90 Å². The summed E-state index contributed by atoms with van der Waals surface area (Å²) >= 11 is 6.14. The van der Waals surface area contributed by atoms with Crippen LogP contribution in [0, 0.1) is 0 Å². The number of nitrogens with zero attached hydrogens (tertiary/aromatic N) is 2. The summed E-state index contributed by atoms with van der Waals surface area (Å²) in [6, 6.07) is 15.0. The molecule has 1 fully saturated rings. The second kappa shape index (κ2) is 6.42. The normalized spacial score (nSPS) is 14.4. The summed E-state index contributed by atoms with van der Waals surface area (Å²) in [4.78, 5) is 27.5. The number of Topliss-reactive ketones (excluding diaryl/α,β-unsaturated/α-hetero) is 1. The Labute approximate surface area is 140 Å². The molecule has 1 saturated heterocycles. The van der Waals surface area contributed by atoms with Crippen LogP contribution in [0.1, 0.15) is 22.8 Å². The van der Waals surface area contributed by atoms with Crippen LogP contribution in [0.3, 0.4) is 0 Å². The van der Waals surface area contributed by atoms with E-state index in [0.29, 0.717) is 30.2 Å². The minimum atomic E-state index is -0.0833. The molecule has 0 radical (unpaired) electrons. The average Bonchev–Trinajstić information content (AvgIpc) is 2.89. The van der Waals surface area contributed by atoms with Crippen LogP contribution >= 0.6 is 11.6 Å². The van der Waals surface area contributed by atoms with Crippen molar-refractivity contribution >= 4 is 29.1 Å². The Bertz CT molecular complexity index is 746. The number of hydrogen-bond acceptors (Lipinski definition) is 2. The van der Waals surface area contributed by atoms with Gasteiger partial charge in [-0.1, -0.05) is 41.9 Å². The fraction of sp³-hybridized carbons (Fsp3) is 0.222. The topological polar surface area (TPSA) is 40.6 Å². The molecule has 2 aromatic rings. The highest BCUT2D eigenvalue weighted by Crippen LogP contribution is 2.27. The molecule has 0 spiro atoms. The van der Waals surface area contributed by atoms with Crippen LogP contribution < -0.4 is 4.90 Å². The number of ketones is 1. The fourth-order valence-electron chi connectivity index (χ4n) is 2.73. The van der Waals surface area contributed by atoms with E-state index in [-0.39, 0.29) is 11.8 Å². The SMILES string of the molecule is CC(=O)c1ccc(N2CCN(Cc3ccccc3)C2=O)cc1Cl. The second-order valence-corrected chi connectivity index (χ2v) is 5.97. The highest BCUT2D eigenvalue weighted by molar-refractivity contribution is 6.34. The van der Waals surface area contributed by atoms with E-state index < -0.39 is 0 Å². The third-order valence-electron chi connectivity index (χ3n) is 3.95. The van der Waals surface area contributed by atoms with Crippen molar-refractivity contribution < 1.29 is 9.59 Å². The lowest BCUT2D eigenvalue weighted by molar-refractivity contribution is 0.101. The van der Waals surface area contributed by atoms with Gasteiger partial charge in [0.05, 0.1) is 5.02 Å². The summed E-state index contributed by atoms with van der Waals surface area (Å²) in [6.07, 6.45) is 0. The fourth-order valence-corrected chi connectivity index (χ4v) is 3.04. The third kappa shape index (κ3) is 3.22. The minimum Gasteiger partial charge on any atom is -0.318 e. The summed E-state index contributed by atoms with van der Waals surface area (Å²) in [6.45, 7) is 3.35. The Balaban J connectivity index is 1.76. The maximum absolute atomic E-state index is 12.6. The highest BCUT2D eigenvalue weighted by atomic mass is 35.5. The molecule has 2 amide bonds. The van der Waals surface area contributed by atoms with Crippen LogP contribution in [0.2, 0.25) is 5.02 Å². The van der Waals surface area contributed by atoms with Gasteiger partial charge in [0.15, 0.2) is 5.78 Å². The van der Waals surface area contributed by atoms with Gasteiger partial charge in [-0.3, -0.25) is 9.69 Å². The average molecular weight is 329 g/mol. The lowest BCUT2D eigenvalue weighted by Gasteiger charge is -2.19. The summed E-state index contributed by atoms with van der Waals surface area (Å²) in [5.41, 5.74) is 2.30. The Morgan fingerprint density at radius 2 is 1.87 bits per heavy atom. The lowest BCUT2D eigenvalue weighted by Crippen LogP contribution is -2.31. The van der Waals surface area contributed by atoms with Crippen LogP contribution in [0.4, 0.5) is 10.5 Å². The van der Waals surface area contributed by atoms with Gasteiger partial charge in [-0.05, 0) is 30.7 Å². The third-order valence-corrected chi connectivity index (χ3v) is 4.27. The summed E-state index contributed by atoms with van der Waals surface area (Å²) in [5.74, 6) is -0.0833. The van der Waals surface area contributed by atoms with Crippen LogP contribution in [0.25, 0.3) is 0 Å². The number of rotatable bonds is 4. The molecular weight excluding hydrogens is 312 g/mol. The van der Waals surface area contributed by atoms with Crippen molar-refractivity contribution in [3.05, 3.63) is 64.7 Å². The molecule has 0 saturated carbocycles. The molecule has 0 atom stereocenters. The van der Waals surface area contributed by atoms with Gasteiger partial charge >= 0.3 is 6.03 Å². The zero-order valence-electron chi connectivity index (χ0n) is 12.8. The number of carbonyl (C=O) groups is 2. The van der Waals surface area contributed by atoms with Gasteiger partial charge in [-0.2, -0.15) is 0 Å². The van der Waals surface area contributed by atoms with Crippen LogP contribution in [-0.2, 0) is 6.54 Å². The van der Waals surface area contributed by atoms with Crippen molar-refractivity contribution in [1.82, 2.24) is 4.90 Å². The predicted molar refractivity (Wildman–Crippen MR) is 91.1 cm³/mol. The van der Waals surface area contributed by atoms with Crippen molar-refractivity contribution in [3.63, 3.8) is 0 Å². The predicted octanol–water partition coefficient (Wildman–Crippen LogP) is 3.98. The molecular formula is C18H17ClN2O2. The van der Waals surface area contributed by atoms with Crippen molar-refractivity contribution in [2.75, 3.05) is 18.0 Å². The van der Waals surface area contributed by atoms with Crippen molar-refractivity contribution in [1.29, 1.82) is 0 Å². The van der Waals surface area contributed by atoms with Gasteiger partial charge in [0.2, 0.25) is 0 Å². The van der Waals surface area contributed by atoms with Crippen LogP contribution in [0.15, 0.2) is 48.5 Å². The number of halogens is 1. The van der Waals surface area contributed by atoms with E-state index in [4.69, 9.17) is 11.6 Å². The van der Waals surface area contributed by atoms with Gasteiger partial charge in [-0.25, -0.2) is 4.79 Å². The summed E-state index contributed by atoms with van der Waals surface area (Å²) in [5, 5.41) is 0.379. The number of amides is 2. The zero-order chi connectivity index (χ0) is 16.4. The standard InChI is InChI=1S/C18H17ClN2O2/c1-13(22)16-8-7-15(11-17(16)19)21-10-9-20(18(21)23)12-14-5-3-2-4-6-14/h2-8,11H,9-10,12H2,1H3. The van der Waals surface area contributed by atoms with Crippen molar-refractivity contribution in [2.24, 2.45) is 0 Å². The molecule has 4 nitrogen and oxygen atoms in total. The second-order valence-electron chi connectivity index (χ2n) is 5.56. The van der Waals surface area contributed by atoms with E-state index in [2.05, 4.69) is 0 Å². The first-order valence-electron chi connectivity index (χ1n) is 7.47. The maximum atomic E-state index is 12.6. The monoisotopic (exact) mass is 328 g/mol. The largest absolute Gasteiger partial charge is 0.324 e. The van der Waals surface area contributed by atoms with Gasteiger partial charge in [0.1, 0.15) is 0 Å². The summed E-state index contributed by atoms with van der Waals surface area (Å²) in [7, 11) is 0. The smallest absolute Gasteiger partial charge is 0.318 e. The zero-order valence-corrected chi connectivity index (χ0v) is 13.6. The summed E-state index contributed by atoms with van der Waals surface area (Å²) < 4.78 is 0. The number of anilines is 1. The van der Waals surface area contributed by atoms with E-state index in [9.17, 15) is 9.59 Å². The van der Waals surface area contributed by atoms with E-state index in [1.165, 1.54) is 6.92 Å². The molecule has 0 aliphatic carbocycles. The molecule has 0 N–H and O–H groups in total. The number of carbonyl (C=O) groups excluding carboxylic acids is 2. The first-order valence-corrected chi connectivity index (χ1v) is 7.85. The lowest BCUT2D eigenvalue weighted by atomic mass is 10.1. The molecule has 118 valence electrons. The molecule has 5 heteroatoms. The number of benzene rings is 2. The first kappa shape index (κ1) is 15.6. The molecule has 1 aliphatic heterocycles. The highest BCUT2D eigenvalue weighted by Gasteiger charge is 2.29.